The molecule has 0 unspecified atom stereocenters. The molecule has 5 nitrogen and oxygen atoms in total. The molecule has 0 fully saturated rings. The van der Waals surface area contributed by atoms with E-state index >= 15 is 0 Å². The summed E-state index contributed by atoms with van der Waals surface area (Å²) in [4.78, 5) is 15.1. The number of amides is 1. The highest BCUT2D eigenvalue weighted by molar-refractivity contribution is 5.69. The summed E-state index contributed by atoms with van der Waals surface area (Å²) in [6.45, 7) is 1.34. The first-order valence-corrected chi connectivity index (χ1v) is 6.35. The number of ether oxygens (including phenoxy) is 2. The van der Waals surface area contributed by atoms with E-state index < -0.39 is 6.09 Å². The summed E-state index contributed by atoms with van der Waals surface area (Å²) in [6.07, 6.45) is 1.90. The van der Waals surface area contributed by atoms with E-state index in [1.54, 1.807) is 12.1 Å². The van der Waals surface area contributed by atoms with Gasteiger partial charge in [0.05, 0.1) is 13.2 Å². The van der Waals surface area contributed by atoms with Crippen molar-refractivity contribution in [3.05, 3.63) is 47.8 Å². The van der Waals surface area contributed by atoms with Crippen LogP contribution in [0.2, 0.25) is 0 Å². The van der Waals surface area contributed by atoms with E-state index in [1.165, 1.54) is 0 Å². The Kier molecular flexibility index (Phi) is 3.35. The van der Waals surface area contributed by atoms with E-state index in [-0.39, 0.29) is 0 Å². The average molecular weight is 270 g/mol. The molecule has 20 heavy (non-hydrogen) atoms. The molecule has 0 saturated heterocycles. The second-order valence-electron chi connectivity index (χ2n) is 4.58. The standard InChI is InChI=1S/C15H14N2O3/c16-15(18)20-13-3-1-10(2-4-13)11-7-12-9-19-6-5-14(12)17-8-11/h1-4,7-8H,5-6,9H2,(H2,16,18). The lowest BCUT2D eigenvalue weighted by Gasteiger charge is -2.16. The van der Waals surface area contributed by atoms with Crippen molar-refractivity contribution in [1.29, 1.82) is 0 Å². The topological polar surface area (TPSA) is 74.4 Å². The van der Waals surface area contributed by atoms with Gasteiger partial charge in [0.2, 0.25) is 0 Å². The van der Waals surface area contributed by atoms with Gasteiger partial charge in [-0.15, -0.1) is 0 Å². The van der Waals surface area contributed by atoms with Crippen molar-refractivity contribution >= 4 is 6.09 Å². The Bertz CT molecular complexity index is 638. The molecule has 0 spiro atoms. The Morgan fingerprint density at radius 1 is 1.25 bits per heavy atom. The molecule has 1 amide bonds. The highest BCUT2D eigenvalue weighted by Gasteiger charge is 2.12. The van der Waals surface area contributed by atoms with Crippen molar-refractivity contribution in [1.82, 2.24) is 4.98 Å². The van der Waals surface area contributed by atoms with Gasteiger partial charge in [-0.2, -0.15) is 0 Å². The zero-order valence-electron chi connectivity index (χ0n) is 10.8. The Hall–Kier alpha value is -2.40. The van der Waals surface area contributed by atoms with E-state index in [0.717, 1.165) is 35.4 Å². The van der Waals surface area contributed by atoms with E-state index in [4.69, 9.17) is 15.2 Å². The molecule has 2 aromatic rings. The number of carbonyl (C=O) groups excluding carboxylic acids is 1. The van der Waals surface area contributed by atoms with Crippen molar-refractivity contribution in [3.63, 3.8) is 0 Å². The van der Waals surface area contributed by atoms with Gasteiger partial charge in [0, 0.05) is 23.9 Å². The minimum Gasteiger partial charge on any atom is -0.411 e. The fourth-order valence-corrected chi connectivity index (χ4v) is 2.23. The van der Waals surface area contributed by atoms with Gasteiger partial charge >= 0.3 is 6.09 Å². The van der Waals surface area contributed by atoms with Crippen molar-refractivity contribution in [3.8, 4) is 16.9 Å². The molecule has 1 aliphatic rings. The predicted molar refractivity (Wildman–Crippen MR) is 73.2 cm³/mol. The lowest BCUT2D eigenvalue weighted by atomic mass is 10.0. The van der Waals surface area contributed by atoms with Crippen LogP contribution < -0.4 is 10.5 Å². The number of aromatic nitrogens is 1. The van der Waals surface area contributed by atoms with Crippen LogP contribution in [0.25, 0.3) is 11.1 Å². The zero-order valence-corrected chi connectivity index (χ0v) is 10.8. The van der Waals surface area contributed by atoms with Crippen molar-refractivity contribution in [2.45, 2.75) is 13.0 Å². The van der Waals surface area contributed by atoms with E-state index in [1.807, 2.05) is 18.3 Å². The van der Waals surface area contributed by atoms with Crippen LogP contribution >= 0.6 is 0 Å². The number of pyridine rings is 1. The molecular weight excluding hydrogens is 256 g/mol. The van der Waals surface area contributed by atoms with Crippen molar-refractivity contribution in [2.24, 2.45) is 5.73 Å². The lowest BCUT2D eigenvalue weighted by molar-refractivity contribution is 0.109. The summed E-state index contributed by atoms with van der Waals surface area (Å²) < 4.78 is 10.2. The molecule has 0 aliphatic carbocycles. The van der Waals surface area contributed by atoms with Crippen molar-refractivity contribution in [2.75, 3.05) is 6.61 Å². The Labute approximate surface area is 116 Å². The number of rotatable bonds is 2. The number of carbonyl (C=O) groups is 1. The Morgan fingerprint density at radius 2 is 2.05 bits per heavy atom. The van der Waals surface area contributed by atoms with E-state index in [9.17, 15) is 4.79 Å². The van der Waals surface area contributed by atoms with Gasteiger partial charge in [0.25, 0.3) is 0 Å². The molecule has 0 saturated carbocycles. The Balaban J connectivity index is 1.87. The van der Waals surface area contributed by atoms with Crippen LogP contribution in [-0.2, 0) is 17.8 Å². The maximum Gasteiger partial charge on any atom is 0.409 e. The number of benzene rings is 1. The van der Waals surface area contributed by atoms with Gasteiger partial charge in [-0.05, 0) is 29.3 Å². The number of nitrogens with zero attached hydrogens (tertiary/aromatic N) is 1. The maximum absolute atomic E-state index is 10.7. The molecule has 0 radical (unpaired) electrons. The number of nitrogens with two attached hydrogens (primary N) is 1. The molecule has 2 N–H and O–H groups in total. The highest BCUT2D eigenvalue weighted by atomic mass is 16.5. The second-order valence-corrected chi connectivity index (χ2v) is 4.58. The van der Waals surface area contributed by atoms with Gasteiger partial charge < -0.3 is 15.2 Å². The summed E-state index contributed by atoms with van der Waals surface area (Å²) in [6, 6.07) is 9.23. The second kappa shape index (κ2) is 5.30. The normalized spacial score (nSPS) is 13.6. The number of primary amides is 1. The van der Waals surface area contributed by atoms with E-state index in [0.29, 0.717) is 12.4 Å². The maximum atomic E-state index is 10.7. The number of hydrogen-bond donors (Lipinski definition) is 1. The van der Waals surface area contributed by atoms with Gasteiger partial charge in [0.15, 0.2) is 0 Å². The predicted octanol–water partition coefficient (Wildman–Crippen LogP) is 2.28. The third kappa shape index (κ3) is 2.62. The third-order valence-corrected chi connectivity index (χ3v) is 3.21. The summed E-state index contributed by atoms with van der Waals surface area (Å²) in [5.74, 6) is 0.426. The molecular formula is C15H14N2O3. The summed E-state index contributed by atoms with van der Waals surface area (Å²) >= 11 is 0. The monoisotopic (exact) mass is 270 g/mol. The smallest absolute Gasteiger partial charge is 0.409 e. The Morgan fingerprint density at radius 3 is 2.80 bits per heavy atom. The van der Waals surface area contributed by atoms with Crippen LogP contribution in [0.5, 0.6) is 5.75 Å². The fourth-order valence-electron chi connectivity index (χ4n) is 2.23. The first-order chi connectivity index (χ1) is 9.72. The van der Waals surface area contributed by atoms with Crippen molar-refractivity contribution < 1.29 is 14.3 Å². The zero-order chi connectivity index (χ0) is 13.9. The lowest BCUT2D eigenvalue weighted by Crippen LogP contribution is -2.16. The molecule has 1 aromatic heterocycles. The molecule has 1 aromatic carbocycles. The minimum absolute atomic E-state index is 0.426. The first kappa shape index (κ1) is 12.6. The van der Waals surface area contributed by atoms with Crippen LogP contribution in [0, 0.1) is 0 Å². The molecule has 5 heteroatoms. The summed E-state index contributed by atoms with van der Waals surface area (Å²) in [7, 11) is 0. The quantitative estimate of drug-likeness (QED) is 0.908. The molecule has 2 heterocycles. The third-order valence-electron chi connectivity index (χ3n) is 3.21. The van der Waals surface area contributed by atoms with Gasteiger partial charge in [0.1, 0.15) is 5.75 Å². The van der Waals surface area contributed by atoms with Gasteiger partial charge in [-0.3, -0.25) is 4.98 Å². The van der Waals surface area contributed by atoms with Crippen LogP contribution in [0.4, 0.5) is 4.79 Å². The largest absolute Gasteiger partial charge is 0.411 e. The van der Waals surface area contributed by atoms with Crippen LogP contribution in [0.15, 0.2) is 36.5 Å². The molecule has 0 bridgehead atoms. The van der Waals surface area contributed by atoms with Crippen LogP contribution in [0.3, 0.4) is 0 Å². The first-order valence-electron chi connectivity index (χ1n) is 6.35. The fraction of sp³-hybridized carbons (Fsp3) is 0.200. The number of hydrogen-bond acceptors (Lipinski definition) is 4. The average Bonchev–Trinajstić information content (AvgIpc) is 2.47. The number of fused-ring (bicyclic) bond motifs is 1. The minimum atomic E-state index is -0.814. The highest BCUT2D eigenvalue weighted by Crippen LogP contribution is 2.25. The molecule has 0 atom stereocenters. The van der Waals surface area contributed by atoms with Crippen LogP contribution in [-0.4, -0.2) is 17.7 Å². The molecule has 1 aliphatic heterocycles. The SMILES string of the molecule is NC(=O)Oc1ccc(-c2cnc3c(c2)COCC3)cc1. The summed E-state index contributed by atoms with van der Waals surface area (Å²) in [5, 5.41) is 0. The van der Waals surface area contributed by atoms with Gasteiger partial charge in [-0.25, -0.2) is 4.79 Å². The molecule has 3 rings (SSSR count). The van der Waals surface area contributed by atoms with E-state index in [2.05, 4.69) is 11.1 Å². The summed E-state index contributed by atoms with van der Waals surface area (Å²) in [5.41, 5.74) is 9.22. The van der Waals surface area contributed by atoms with Gasteiger partial charge in [-0.1, -0.05) is 12.1 Å². The molecule has 102 valence electrons. The van der Waals surface area contributed by atoms with Crippen LogP contribution in [0.1, 0.15) is 11.3 Å².